The van der Waals surface area contributed by atoms with Gasteiger partial charge in [0.05, 0.1) is 20.9 Å². The molecule has 0 unspecified atom stereocenters. The Hall–Kier alpha value is -3.42. The first-order valence-corrected chi connectivity index (χ1v) is 9.08. The lowest BCUT2D eigenvalue weighted by atomic mass is 10.1. The van der Waals surface area contributed by atoms with E-state index in [1.54, 1.807) is 42.5 Å². The molecule has 0 aliphatic rings. The average molecular weight is 428 g/mol. The van der Waals surface area contributed by atoms with E-state index >= 15 is 0 Å². The van der Waals surface area contributed by atoms with Crippen LogP contribution in [0.4, 0.5) is 5.69 Å². The monoisotopic (exact) mass is 427 g/mol. The Kier molecular flexibility index (Phi) is 4.92. The summed E-state index contributed by atoms with van der Waals surface area (Å²) in [7, 11) is 0. The van der Waals surface area contributed by atoms with Gasteiger partial charge in [0, 0.05) is 28.8 Å². The smallest absolute Gasteiger partial charge is 0.269 e. The lowest BCUT2D eigenvalue weighted by Gasteiger charge is -2.02. The highest BCUT2D eigenvalue weighted by Crippen LogP contribution is 2.27. The van der Waals surface area contributed by atoms with E-state index in [2.05, 4.69) is 9.97 Å². The normalized spacial score (nSPS) is 11.7. The summed E-state index contributed by atoms with van der Waals surface area (Å²) in [5, 5.41) is 11.8. The highest BCUT2D eigenvalue weighted by atomic mass is 35.5. The van der Waals surface area contributed by atoms with E-state index in [0.29, 0.717) is 33.0 Å². The number of benzene rings is 2. The third-order valence-corrected chi connectivity index (χ3v) is 4.68. The van der Waals surface area contributed by atoms with Gasteiger partial charge in [-0.1, -0.05) is 23.2 Å². The fourth-order valence-corrected chi connectivity index (χ4v) is 3.12. The van der Waals surface area contributed by atoms with E-state index < -0.39 is 4.92 Å². The van der Waals surface area contributed by atoms with Gasteiger partial charge in [-0.05, 0) is 42.5 Å². The van der Waals surface area contributed by atoms with Crippen molar-refractivity contribution in [3.05, 3.63) is 91.7 Å². The molecule has 0 spiro atoms. The average Bonchev–Trinajstić information content (AvgIpc) is 3.16. The Balaban J connectivity index is 1.65. The first kappa shape index (κ1) is 18.9. The molecule has 2 aromatic heterocycles. The molecule has 7 nitrogen and oxygen atoms in total. The highest BCUT2D eigenvalue weighted by molar-refractivity contribution is 6.50. The Morgan fingerprint density at radius 3 is 2.62 bits per heavy atom. The number of H-pyrrole nitrogens is 1. The zero-order valence-electron chi connectivity index (χ0n) is 14.6. The molecule has 0 atom stereocenters. The Bertz CT molecular complexity index is 1320. The molecule has 2 aromatic carbocycles. The lowest BCUT2D eigenvalue weighted by molar-refractivity contribution is -0.384. The molecule has 0 radical (unpaired) electrons. The van der Waals surface area contributed by atoms with Gasteiger partial charge >= 0.3 is 0 Å². The maximum absolute atomic E-state index is 12.2. The number of aromatic amines is 1. The second-order valence-corrected chi connectivity index (χ2v) is 6.92. The molecular formula is C20H11Cl2N3O4. The predicted molar refractivity (Wildman–Crippen MR) is 112 cm³/mol. The van der Waals surface area contributed by atoms with Crippen LogP contribution in [0, 0.1) is 10.1 Å². The summed E-state index contributed by atoms with van der Waals surface area (Å²) in [5.74, 6) is 1.12. The van der Waals surface area contributed by atoms with E-state index in [0.717, 1.165) is 0 Å². The van der Waals surface area contributed by atoms with Crippen molar-refractivity contribution in [1.29, 1.82) is 0 Å². The molecule has 2 heterocycles. The lowest BCUT2D eigenvalue weighted by Crippen LogP contribution is -2.10. The van der Waals surface area contributed by atoms with Gasteiger partial charge in [-0.25, -0.2) is 4.98 Å². The molecule has 144 valence electrons. The van der Waals surface area contributed by atoms with Crippen molar-refractivity contribution in [1.82, 2.24) is 9.97 Å². The van der Waals surface area contributed by atoms with Crippen molar-refractivity contribution in [3.8, 4) is 11.3 Å². The van der Waals surface area contributed by atoms with Crippen molar-refractivity contribution < 1.29 is 9.34 Å². The highest BCUT2D eigenvalue weighted by Gasteiger charge is 2.11. The Morgan fingerprint density at radius 2 is 1.90 bits per heavy atom. The predicted octanol–water partition coefficient (Wildman–Crippen LogP) is 5.48. The number of hydrogen-bond donors (Lipinski definition) is 1. The SMILES string of the molecule is O=c1[nH]c(/C(Cl)=C/c2ccc(-c3ccc([N+](=O)[O-])cc3)o2)nc2cc(Cl)ccc12. The van der Waals surface area contributed by atoms with Crippen molar-refractivity contribution in [2.75, 3.05) is 0 Å². The van der Waals surface area contributed by atoms with Crippen molar-refractivity contribution in [3.63, 3.8) is 0 Å². The maximum Gasteiger partial charge on any atom is 0.269 e. The summed E-state index contributed by atoms with van der Waals surface area (Å²) in [4.78, 5) is 29.5. The van der Waals surface area contributed by atoms with Crippen molar-refractivity contribution >= 4 is 50.9 Å². The minimum atomic E-state index is -0.468. The molecule has 0 saturated carbocycles. The van der Waals surface area contributed by atoms with E-state index in [1.165, 1.54) is 18.2 Å². The van der Waals surface area contributed by atoms with Crippen LogP contribution in [0.2, 0.25) is 5.02 Å². The van der Waals surface area contributed by atoms with Crippen molar-refractivity contribution in [2.45, 2.75) is 0 Å². The van der Waals surface area contributed by atoms with E-state index in [1.807, 2.05) is 0 Å². The molecule has 29 heavy (non-hydrogen) atoms. The number of nitrogens with zero attached hydrogens (tertiary/aromatic N) is 2. The quantitative estimate of drug-likeness (QED) is 0.343. The molecule has 9 heteroatoms. The maximum atomic E-state index is 12.2. The molecule has 4 aromatic rings. The minimum Gasteiger partial charge on any atom is -0.457 e. The van der Waals surface area contributed by atoms with Gasteiger partial charge in [0.25, 0.3) is 11.2 Å². The zero-order valence-corrected chi connectivity index (χ0v) is 16.1. The third kappa shape index (κ3) is 3.91. The van der Waals surface area contributed by atoms with Crippen LogP contribution >= 0.6 is 23.2 Å². The fourth-order valence-electron chi connectivity index (χ4n) is 2.75. The second-order valence-electron chi connectivity index (χ2n) is 6.07. The zero-order chi connectivity index (χ0) is 20.5. The summed E-state index contributed by atoms with van der Waals surface area (Å²) < 4.78 is 5.73. The van der Waals surface area contributed by atoms with Crippen LogP contribution in [0.1, 0.15) is 11.6 Å². The number of non-ortho nitro benzene ring substituents is 1. The van der Waals surface area contributed by atoms with Gasteiger partial charge < -0.3 is 9.40 Å². The van der Waals surface area contributed by atoms with E-state index in [-0.39, 0.29) is 22.1 Å². The minimum absolute atomic E-state index is 0.00472. The van der Waals surface area contributed by atoms with Crippen LogP contribution in [-0.4, -0.2) is 14.9 Å². The first-order chi connectivity index (χ1) is 13.9. The van der Waals surface area contributed by atoms with Crippen molar-refractivity contribution in [2.24, 2.45) is 0 Å². The van der Waals surface area contributed by atoms with Gasteiger partial charge in [-0.2, -0.15) is 0 Å². The van der Waals surface area contributed by atoms with Crippen LogP contribution in [0.25, 0.3) is 33.3 Å². The van der Waals surface area contributed by atoms with E-state index in [4.69, 9.17) is 27.6 Å². The largest absolute Gasteiger partial charge is 0.457 e. The Labute approximate surface area is 173 Å². The summed E-state index contributed by atoms with van der Waals surface area (Å²) in [6.45, 7) is 0. The van der Waals surface area contributed by atoms with Gasteiger partial charge in [0.15, 0.2) is 5.82 Å². The number of fused-ring (bicyclic) bond motifs is 1. The molecule has 0 aliphatic heterocycles. The summed E-state index contributed by atoms with van der Waals surface area (Å²) in [6, 6.07) is 14.2. The summed E-state index contributed by atoms with van der Waals surface area (Å²) >= 11 is 12.3. The van der Waals surface area contributed by atoms with Gasteiger partial charge in [-0.15, -0.1) is 0 Å². The first-order valence-electron chi connectivity index (χ1n) is 8.32. The van der Waals surface area contributed by atoms with Crippen LogP contribution in [0.5, 0.6) is 0 Å². The number of nitro benzene ring substituents is 1. The number of hydrogen-bond acceptors (Lipinski definition) is 5. The van der Waals surface area contributed by atoms with Crippen LogP contribution in [0.3, 0.4) is 0 Å². The summed E-state index contributed by atoms with van der Waals surface area (Å²) in [6.07, 6.45) is 1.52. The Morgan fingerprint density at radius 1 is 1.14 bits per heavy atom. The van der Waals surface area contributed by atoms with Gasteiger partial charge in [0.2, 0.25) is 0 Å². The second kappa shape index (κ2) is 7.54. The standard InChI is InChI=1S/C20H11Cl2N3O4/c21-12-3-7-15-17(9-12)23-19(24-20(15)26)16(22)10-14-6-8-18(29-14)11-1-4-13(5-2-11)25(27)28/h1-10H,(H,23,24,26)/b16-10-. The van der Waals surface area contributed by atoms with Gasteiger partial charge in [-0.3, -0.25) is 14.9 Å². The van der Waals surface area contributed by atoms with E-state index in [9.17, 15) is 14.9 Å². The molecule has 0 fully saturated rings. The molecule has 0 amide bonds. The fraction of sp³-hybridized carbons (Fsp3) is 0. The number of nitro groups is 1. The molecule has 0 aliphatic carbocycles. The molecule has 0 bridgehead atoms. The number of halogens is 2. The molecule has 0 saturated heterocycles. The molecule has 4 rings (SSSR count). The van der Waals surface area contributed by atoms with Crippen LogP contribution in [0.15, 0.2) is 63.8 Å². The number of rotatable bonds is 4. The summed E-state index contributed by atoms with van der Waals surface area (Å²) in [5.41, 5.74) is 0.765. The number of aromatic nitrogens is 2. The van der Waals surface area contributed by atoms with Crippen LogP contribution in [-0.2, 0) is 0 Å². The third-order valence-electron chi connectivity index (χ3n) is 4.15. The molecular weight excluding hydrogens is 417 g/mol. The van der Waals surface area contributed by atoms with Crippen LogP contribution < -0.4 is 5.56 Å². The number of furan rings is 1. The molecule has 1 N–H and O–H groups in total. The van der Waals surface area contributed by atoms with Gasteiger partial charge in [0.1, 0.15) is 11.5 Å². The number of nitrogens with one attached hydrogen (secondary N) is 1. The topological polar surface area (TPSA) is 102 Å².